The number of hydrogen-bond donors (Lipinski definition) is 2. The van der Waals surface area contributed by atoms with Gasteiger partial charge in [0.2, 0.25) is 5.91 Å². The van der Waals surface area contributed by atoms with Gasteiger partial charge in [0.05, 0.1) is 5.69 Å². The highest BCUT2D eigenvalue weighted by Crippen LogP contribution is 2.26. The topological polar surface area (TPSA) is 71.1 Å². The molecule has 0 unspecified atom stereocenters. The number of carbonyl (C=O) groups is 2. The predicted octanol–water partition coefficient (Wildman–Crippen LogP) is 3.98. The van der Waals surface area contributed by atoms with Crippen molar-refractivity contribution in [2.75, 3.05) is 10.6 Å². The Morgan fingerprint density at radius 2 is 1.70 bits per heavy atom. The number of nitrogens with zero attached hydrogens (tertiary/aromatic N) is 1. The smallest absolute Gasteiger partial charge is 0.267 e. The van der Waals surface area contributed by atoms with E-state index in [0.29, 0.717) is 22.1 Å². The van der Waals surface area contributed by atoms with E-state index >= 15 is 0 Å². The Labute approximate surface area is 140 Å². The summed E-state index contributed by atoms with van der Waals surface area (Å²) in [5, 5.41) is 6.11. The van der Waals surface area contributed by atoms with Crippen LogP contribution in [0.5, 0.6) is 0 Å². The van der Waals surface area contributed by atoms with Crippen LogP contribution in [0.15, 0.2) is 12.1 Å². The van der Waals surface area contributed by atoms with Crippen LogP contribution in [0.3, 0.4) is 0 Å². The molecule has 0 aliphatic heterocycles. The second-order valence-electron chi connectivity index (χ2n) is 5.56. The van der Waals surface area contributed by atoms with Crippen molar-refractivity contribution in [3.05, 3.63) is 39.4 Å². The number of anilines is 2. The summed E-state index contributed by atoms with van der Waals surface area (Å²) in [5.74, 6) is -0.317. The highest BCUT2D eigenvalue weighted by atomic mass is 32.1. The first-order valence-electron chi connectivity index (χ1n) is 7.48. The van der Waals surface area contributed by atoms with Crippen molar-refractivity contribution in [1.82, 2.24) is 4.98 Å². The first-order chi connectivity index (χ1) is 10.8. The normalized spacial score (nSPS) is 10.5. The lowest BCUT2D eigenvalue weighted by molar-refractivity contribution is -0.115. The van der Waals surface area contributed by atoms with Gasteiger partial charge in [-0.2, -0.15) is 0 Å². The molecule has 2 amide bonds. The molecule has 0 atom stereocenters. The van der Waals surface area contributed by atoms with Gasteiger partial charge in [-0.15, -0.1) is 0 Å². The van der Waals surface area contributed by atoms with Crippen LogP contribution in [0.2, 0.25) is 0 Å². The van der Waals surface area contributed by atoms with Crippen molar-refractivity contribution in [2.24, 2.45) is 0 Å². The zero-order valence-corrected chi connectivity index (χ0v) is 14.9. The summed E-state index contributed by atoms with van der Waals surface area (Å²) in [6, 6.07) is 4.07. The number of benzene rings is 1. The van der Waals surface area contributed by atoms with E-state index in [0.717, 1.165) is 22.4 Å². The van der Waals surface area contributed by atoms with Gasteiger partial charge < -0.3 is 10.6 Å². The molecular weight excluding hydrogens is 310 g/mol. The van der Waals surface area contributed by atoms with E-state index in [1.165, 1.54) is 11.3 Å². The Kier molecular flexibility index (Phi) is 5.15. The number of hydrogen-bond acceptors (Lipinski definition) is 4. The van der Waals surface area contributed by atoms with Gasteiger partial charge >= 0.3 is 0 Å². The maximum absolute atomic E-state index is 12.5. The SMILES string of the molecule is CCC(=O)Nc1nc(C)c(C(=O)Nc2c(C)cc(C)cc2C)s1. The minimum absolute atomic E-state index is 0.115. The summed E-state index contributed by atoms with van der Waals surface area (Å²) in [4.78, 5) is 28.7. The number of aryl methyl sites for hydroxylation is 4. The molecule has 23 heavy (non-hydrogen) atoms. The van der Waals surface area contributed by atoms with Crippen LogP contribution in [0.25, 0.3) is 0 Å². The minimum Gasteiger partial charge on any atom is -0.321 e. The number of aromatic nitrogens is 1. The Morgan fingerprint density at radius 3 is 2.26 bits per heavy atom. The molecule has 0 spiro atoms. The van der Waals surface area contributed by atoms with E-state index in [2.05, 4.69) is 15.6 Å². The molecule has 0 bridgehead atoms. The molecule has 2 rings (SSSR count). The highest BCUT2D eigenvalue weighted by Gasteiger charge is 2.18. The summed E-state index contributed by atoms with van der Waals surface area (Å²) in [6.07, 6.45) is 0.377. The highest BCUT2D eigenvalue weighted by molar-refractivity contribution is 7.17. The van der Waals surface area contributed by atoms with Crippen LogP contribution in [-0.2, 0) is 4.79 Å². The Morgan fingerprint density at radius 1 is 1.09 bits per heavy atom. The molecule has 1 heterocycles. The van der Waals surface area contributed by atoms with E-state index in [4.69, 9.17) is 0 Å². The lowest BCUT2D eigenvalue weighted by Gasteiger charge is -2.12. The molecule has 0 fully saturated rings. The van der Waals surface area contributed by atoms with Crippen molar-refractivity contribution in [1.29, 1.82) is 0 Å². The van der Waals surface area contributed by atoms with E-state index in [1.807, 2.05) is 32.9 Å². The fourth-order valence-electron chi connectivity index (χ4n) is 2.42. The third kappa shape index (κ3) is 3.96. The van der Waals surface area contributed by atoms with Crippen LogP contribution < -0.4 is 10.6 Å². The second kappa shape index (κ2) is 6.91. The van der Waals surface area contributed by atoms with Crippen LogP contribution in [0.4, 0.5) is 10.8 Å². The summed E-state index contributed by atoms with van der Waals surface area (Å²) in [5.41, 5.74) is 4.65. The quantitative estimate of drug-likeness (QED) is 0.890. The summed E-state index contributed by atoms with van der Waals surface area (Å²) >= 11 is 1.19. The van der Waals surface area contributed by atoms with Crippen LogP contribution in [0, 0.1) is 27.7 Å². The Bertz CT molecular complexity index is 742. The summed E-state index contributed by atoms with van der Waals surface area (Å²) in [7, 11) is 0. The van der Waals surface area contributed by atoms with Gasteiger partial charge in [0, 0.05) is 12.1 Å². The summed E-state index contributed by atoms with van der Waals surface area (Å²) < 4.78 is 0. The minimum atomic E-state index is -0.202. The largest absolute Gasteiger partial charge is 0.321 e. The van der Waals surface area contributed by atoms with E-state index in [-0.39, 0.29) is 11.8 Å². The van der Waals surface area contributed by atoms with Crippen LogP contribution in [0.1, 0.15) is 45.4 Å². The van der Waals surface area contributed by atoms with E-state index in [9.17, 15) is 9.59 Å². The number of rotatable bonds is 4. The standard InChI is InChI=1S/C17H21N3O2S/c1-6-13(21)19-17-18-12(5)15(23-17)16(22)20-14-10(3)7-9(2)8-11(14)4/h7-8H,6H2,1-5H3,(H,20,22)(H,18,19,21). The van der Waals surface area contributed by atoms with Crippen molar-refractivity contribution in [2.45, 2.75) is 41.0 Å². The molecule has 0 radical (unpaired) electrons. The van der Waals surface area contributed by atoms with Gasteiger partial charge in [-0.05, 0) is 38.8 Å². The van der Waals surface area contributed by atoms with Gasteiger partial charge in [0.15, 0.2) is 5.13 Å². The molecule has 0 aliphatic rings. The maximum atomic E-state index is 12.5. The molecule has 0 aliphatic carbocycles. The van der Waals surface area contributed by atoms with Crippen molar-refractivity contribution < 1.29 is 9.59 Å². The molecule has 5 nitrogen and oxygen atoms in total. The zero-order chi connectivity index (χ0) is 17.1. The second-order valence-corrected chi connectivity index (χ2v) is 6.56. The molecule has 122 valence electrons. The number of amides is 2. The third-order valence-corrected chi connectivity index (χ3v) is 4.56. The lowest BCUT2D eigenvalue weighted by atomic mass is 10.1. The Hall–Kier alpha value is -2.21. The summed E-state index contributed by atoms with van der Waals surface area (Å²) in [6.45, 7) is 9.51. The number of carbonyl (C=O) groups excluding carboxylic acids is 2. The van der Waals surface area contributed by atoms with Crippen LogP contribution in [-0.4, -0.2) is 16.8 Å². The molecular formula is C17H21N3O2S. The van der Waals surface area contributed by atoms with Gasteiger partial charge in [-0.1, -0.05) is 36.0 Å². The molecule has 1 aromatic heterocycles. The van der Waals surface area contributed by atoms with Crippen LogP contribution >= 0.6 is 11.3 Å². The fourth-order valence-corrected chi connectivity index (χ4v) is 3.29. The zero-order valence-electron chi connectivity index (χ0n) is 14.0. The molecule has 0 saturated carbocycles. The Balaban J connectivity index is 2.23. The maximum Gasteiger partial charge on any atom is 0.267 e. The average Bonchev–Trinajstić information content (AvgIpc) is 2.83. The van der Waals surface area contributed by atoms with Gasteiger partial charge in [0.25, 0.3) is 5.91 Å². The number of thiazole rings is 1. The van der Waals surface area contributed by atoms with Gasteiger partial charge in [-0.3, -0.25) is 9.59 Å². The fraction of sp³-hybridized carbons (Fsp3) is 0.353. The van der Waals surface area contributed by atoms with Gasteiger partial charge in [0.1, 0.15) is 4.88 Å². The first kappa shape index (κ1) is 17.1. The molecule has 2 N–H and O–H groups in total. The molecule has 2 aromatic rings. The lowest BCUT2D eigenvalue weighted by Crippen LogP contribution is -2.13. The monoisotopic (exact) mass is 331 g/mol. The molecule has 6 heteroatoms. The molecule has 0 saturated heterocycles. The van der Waals surface area contributed by atoms with Gasteiger partial charge in [-0.25, -0.2) is 4.98 Å². The van der Waals surface area contributed by atoms with Crippen molar-refractivity contribution in [3.8, 4) is 0 Å². The van der Waals surface area contributed by atoms with Crippen molar-refractivity contribution >= 4 is 34.0 Å². The van der Waals surface area contributed by atoms with E-state index < -0.39 is 0 Å². The predicted molar refractivity (Wildman–Crippen MR) is 94.4 cm³/mol. The van der Waals surface area contributed by atoms with E-state index in [1.54, 1.807) is 13.8 Å². The average molecular weight is 331 g/mol. The number of nitrogens with one attached hydrogen (secondary N) is 2. The van der Waals surface area contributed by atoms with Crippen molar-refractivity contribution in [3.63, 3.8) is 0 Å². The first-order valence-corrected chi connectivity index (χ1v) is 8.30. The third-order valence-electron chi connectivity index (χ3n) is 3.49. The molecule has 1 aromatic carbocycles.